The molecule has 2 aromatic rings. The van der Waals surface area contributed by atoms with Gasteiger partial charge in [-0.25, -0.2) is 4.79 Å². The average Bonchev–Trinajstić information content (AvgIpc) is 2.54. The van der Waals surface area contributed by atoms with Gasteiger partial charge in [-0.1, -0.05) is 19.8 Å². The van der Waals surface area contributed by atoms with E-state index in [4.69, 9.17) is 13.3 Å². The second-order valence-electron chi connectivity index (χ2n) is 6.61. The van der Waals surface area contributed by atoms with Crippen molar-refractivity contribution in [1.29, 1.82) is 0 Å². The SMILES string of the molecule is CCCS(=O)(=O)Oc1cc2oc(=O)c3c(c2cc1OC)CCCCCC3. The first-order valence-corrected chi connectivity index (χ1v) is 10.6. The van der Waals surface area contributed by atoms with Gasteiger partial charge in [0.15, 0.2) is 11.5 Å². The normalized spacial score (nSPS) is 15.2. The molecule has 1 aromatic heterocycles. The molecule has 0 unspecified atom stereocenters. The van der Waals surface area contributed by atoms with Gasteiger partial charge in [0.25, 0.3) is 0 Å². The van der Waals surface area contributed by atoms with Crippen molar-refractivity contribution in [1.82, 2.24) is 0 Å². The van der Waals surface area contributed by atoms with Crippen LogP contribution >= 0.6 is 0 Å². The summed E-state index contributed by atoms with van der Waals surface area (Å²) in [6, 6.07) is 3.16. The number of hydrogen-bond acceptors (Lipinski definition) is 6. The maximum absolute atomic E-state index is 12.4. The first-order chi connectivity index (χ1) is 12.4. The molecule has 1 aromatic carbocycles. The van der Waals surface area contributed by atoms with E-state index < -0.39 is 10.1 Å². The minimum atomic E-state index is -3.72. The summed E-state index contributed by atoms with van der Waals surface area (Å²) in [5.41, 5.74) is 1.70. The van der Waals surface area contributed by atoms with Crippen LogP contribution in [0.25, 0.3) is 11.0 Å². The van der Waals surface area contributed by atoms with E-state index in [2.05, 4.69) is 0 Å². The van der Waals surface area contributed by atoms with E-state index >= 15 is 0 Å². The third-order valence-corrected chi connectivity index (χ3v) is 6.02. The van der Waals surface area contributed by atoms with Gasteiger partial charge < -0.3 is 13.3 Å². The molecule has 0 fully saturated rings. The van der Waals surface area contributed by atoms with Crippen molar-refractivity contribution in [2.75, 3.05) is 12.9 Å². The minimum absolute atomic E-state index is 0.0439. The summed E-state index contributed by atoms with van der Waals surface area (Å²) in [6.45, 7) is 1.76. The summed E-state index contributed by atoms with van der Waals surface area (Å²) in [4.78, 5) is 12.4. The van der Waals surface area contributed by atoms with Crippen LogP contribution in [0.2, 0.25) is 0 Å². The van der Waals surface area contributed by atoms with Crippen molar-refractivity contribution >= 4 is 21.1 Å². The van der Waals surface area contributed by atoms with Crippen LogP contribution in [0.1, 0.15) is 50.2 Å². The fraction of sp³-hybridized carbons (Fsp3) is 0.526. The van der Waals surface area contributed by atoms with Crippen LogP contribution in [-0.2, 0) is 23.0 Å². The largest absolute Gasteiger partial charge is 0.493 e. The van der Waals surface area contributed by atoms with Crippen molar-refractivity contribution < 1.29 is 21.8 Å². The van der Waals surface area contributed by atoms with Gasteiger partial charge in [-0.15, -0.1) is 0 Å². The predicted octanol–water partition coefficient (Wildman–Crippen LogP) is 3.58. The molecule has 0 radical (unpaired) electrons. The van der Waals surface area contributed by atoms with Gasteiger partial charge in [0.1, 0.15) is 5.58 Å². The number of ether oxygens (including phenoxy) is 1. The van der Waals surface area contributed by atoms with Crippen LogP contribution in [0.5, 0.6) is 11.5 Å². The molecule has 0 N–H and O–H groups in total. The Balaban J connectivity index is 2.16. The van der Waals surface area contributed by atoms with Gasteiger partial charge in [0.05, 0.1) is 12.9 Å². The van der Waals surface area contributed by atoms with Crippen LogP contribution in [-0.4, -0.2) is 21.3 Å². The van der Waals surface area contributed by atoms with E-state index in [-0.39, 0.29) is 17.1 Å². The summed E-state index contributed by atoms with van der Waals surface area (Å²) in [5.74, 6) is 0.264. The Kier molecular flexibility index (Phi) is 5.55. The number of hydrogen-bond donors (Lipinski definition) is 0. The maximum Gasteiger partial charge on any atom is 0.339 e. The summed E-state index contributed by atoms with van der Waals surface area (Å²) < 4.78 is 40.1. The fourth-order valence-electron chi connectivity index (χ4n) is 3.46. The van der Waals surface area contributed by atoms with Gasteiger partial charge in [0, 0.05) is 17.0 Å². The molecule has 0 atom stereocenters. The van der Waals surface area contributed by atoms with Gasteiger partial charge in [-0.2, -0.15) is 8.42 Å². The Morgan fingerprint density at radius 2 is 1.73 bits per heavy atom. The molecule has 0 spiro atoms. The Morgan fingerprint density at radius 3 is 2.38 bits per heavy atom. The smallest absolute Gasteiger partial charge is 0.339 e. The van der Waals surface area contributed by atoms with Crippen LogP contribution in [0.4, 0.5) is 0 Å². The van der Waals surface area contributed by atoms with Crippen molar-refractivity contribution in [3.05, 3.63) is 33.7 Å². The van der Waals surface area contributed by atoms with Gasteiger partial charge in [-0.3, -0.25) is 0 Å². The molecule has 0 saturated heterocycles. The third kappa shape index (κ3) is 3.87. The summed E-state index contributed by atoms with van der Waals surface area (Å²) >= 11 is 0. The standard InChI is InChI=1S/C19H24O6S/c1-3-10-26(21,22)25-18-12-16-15(11-17(18)23-2)13-8-6-4-5-7-9-14(13)19(20)24-16/h11-12H,3-10H2,1-2H3. The first kappa shape index (κ1) is 18.8. The van der Waals surface area contributed by atoms with Crippen molar-refractivity contribution in [3.63, 3.8) is 0 Å². The van der Waals surface area contributed by atoms with Crippen molar-refractivity contribution in [3.8, 4) is 11.5 Å². The number of benzene rings is 1. The van der Waals surface area contributed by atoms with Crippen LogP contribution < -0.4 is 14.5 Å². The lowest BCUT2D eigenvalue weighted by molar-refractivity contribution is 0.390. The fourth-order valence-corrected chi connectivity index (χ4v) is 4.44. The Morgan fingerprint density at radius 1 is 1.04 bits per heavy atom. The van der Waals surface area contributed by atoms with Crippen LogP contribution in [0, 0.1) is 0 Å². The predicted molar refractivity (Wildman–Crippen MR) is 99.6 cm³/mol. The molecule has 7 heteroatoms. The van der Waals surface area contributed by atoms with Crippen molar-refractivity contribution in [2.45, 2.75) is 51.9 Å². The number of methoxy groups -OCH3 is 1. The molecule has 0 saturated carbocycles. The molecule has 3 rings (SSSR count). The third-order valence-electron chi connectivity index (χ3n) is 4.68. The number of rotatable bonds is 5. The number of aryl methyl sites for hydroxylation is 1. The van der Waals surface area contributed by atoms with E-state index in [1.165, 1.54) is 13.2 Å². The van der Waals surface area contributed by atoms with E-state index in [0.717, 1.165) is 48.6 Å². The zero-order valence-corrected chi connectivity index (χ0v) is 16.0. The average molecular weight is 380 g/mol. The molecule has 0 amide bonds. The molecule has 0 aliphatic heterocycles. The maximum atomic E-state index is 12.4. The van der Waals surface area contributed by atoms with Crippen molar-refractivity contribution in [2.24, 2.45) is 0 Å². The lowest BCUT2D eigenvalue weighted by Crippen LogP contribution is -2.15. The van der Waals surface area contributed by atoms with Crippen LogP contribution in [0.3, 0.4) is 0 Å². The highest BCUT2D eigenvalue weighted by atomic mass is 32.2. The topological polar surface area (TPSA) is 82.8 Å². The van der Waals surface area contributed by atoms with Crippen LogP contribution in [0.15, 0.2) is 21.3 Å². The molecule has 1 heterocycles. The van der Waals surface area contributed by atoms with Gasteiger partial charge in [-0.05, 0) is 43.7 Å². The van der Waals surface area contributed by atoms with Gasteiger partial charge in [0.2, 0.25) is 0 Å². The summed E-state index contributed by atoms with van der Waals surface area (Å²) in [5, 5.41) is 0.790. The highest BCUT2D eigenvalue weighted by Crippen LogP contribution is 2.36. The summed E-state index contributed by atoms with van der Waals surface area (Å²) in [6.07, 6.45) is 6.18. The Hall–Kier alpha value is -2.02. The second kappa shape index (κ2) is 7.70. The molecule has 1 aliphatic carbocycles. The van der Waals surface area contributed by atoms with E-state index in [0.29, 0.717) is 24.2 Å². The molecule has 142 valence electrons. The zero-order valence-electron chi connectivity index (χ0n) is 15.2. The molecule has 0 bridgehead atoms. The lowest BCUT2D eigenvalue weighted by Gasteiger charge is -2.16. The Bertz CT molecular complexity index is 958. The molecule has 1 aliphatic rings. The monoisotopic (exact) mass is 380 g/mol. The Labute approximate surface area is 153 Å². The van der Waals surface area contributed by atoms with E-state index in [1.54, 1.807) is 13.0 Å². The van der Waals surface area contributed by atoms with E-state index in [9.17, 15) is 13.2 Å². The zero-order chi connectivity index (χ0) is 18.7. The highest BCUT2D eigenvalue weighted by Gasteiger charge is 2.21. The molecular formula is C19H24O6S. The second-order valence-corrected chi connectivity index (χ2v) is 8.30. The van der Waals surface area contributed by atoms with E-state index in [1.807, 2.05) is 0 Å². The molecular weight excluding hydrogens is 356 g/mol. The number of fused-ring (bicyclic) bond motifs is 3. The summed E-state index contributed by atoms with van der Waals surface area (Å²) in [7, 11) is -2.26. The van der Waals surface area contributed by atoms with Gasteiger partial charge >= 0.3 is 15.7 Å². The molecule has 26 heavy (non-hydrogen) atoms. The first-order valence-electron chi connectivity index (χ1n) is 9.04. The highest BCUT2D eigenvalue weighted by molar-refractivity contribution is 7.87. The molecule has 6 nitrogen and oxygen atoms in total. The minimum Gasteiger partial charge on any atom is -0.493 e. The quantitative estimate of drug-likeness (QED) is 0.582. The lowest BCUT2D eigenvalue weighted by atomic mass is 9.92.